The average molecular weight is 346 g/mol. The molecule has 0 atom stereocenters. The lowest BCUT2D eigenvalue weighted by Gasteiger charge is -2.30. The van der Waals surface area contributed by atoms with Crippen molar-refractivity contribution in [2.45, 2.75) is 38.5 Å². The van der Waals surface area contributed by atoms with Gasteiger partial charge in [0, 0.05) is 19.5 Å². The van der Waals surface area contributed by atoms with Gasteiger partial charge in [-0.1, -0.05) is 12.1 Å². The number of hydrogen-bond acceptors (Lipinski definition) is 4. The lowest BCUT2D eigenvalue weighted by Crippen LogP contribution is -2.40. The third-order valence-electron chi connectivity index (χ3n) is 4.57. The van der Waals surface area contributed by atoms with E-state index < -0.39 is 5.97 Å². The van der Waals surface area contributed by atoms with E-state index in [1.54, 1.807) is 11.3 Å². The number of fused-ring (bicyclic) bond motifs is 1. The molecule has 1 aromatic heterocycles. The maximum absolute atomic E-state index is 12.2. The van der Waals surface area contributed by atoms with Gasteiger partial charge in [-0.2, -0.15) is 0 Å². The van der Waals surface area contributed by atoms with Crippen molar-refractivity contribution in [1.29, 1.82) is 0 Å². The molecule has 1 aliphatic rings. The number of unbranched alkanes of at least 4 members (excludes halogenated alkanes) is 1. The molecule has 5 nitrogen and oxygen atoms in total. The molecule has 24 heavy (non-hydrogen) atoms. The summed E-state index contributed by atoms with van der Waals surface area (Å²) in [7, 11) is 0. The van der Waals surface area contributed by atoms with E-state index >= 15 is 0 Å². The summed E-state index contributed by atoms with van der Waals surface area (Å²) in [5.41, 5.74) is 1.05. The number of carboxylic acid groups (broad SMARTS) is 1. The van der Waals surface area contributed by atoms with Gasteiger partial charge in [0.15, 0.2) is 0 Å². The van der Waals surface area contributed by atoms with Crippen LogP contribution in [-0.4, -0.2) is 40.0 Å². The van der Waals surface area contributed by atoms with Crippen LogP contribution in [0.1, 0.15) is 37.1 Å². The molecule has 6 heteroatoms. The van der Waals surface area contributed by atoms with Gasteiger partial charge in [0.25, 0.3) is 0 Å². The minimum absolute atomic E-state index is 0.156. The molecule has 1 aliphatic heterocycles. The van der Waals surface area contributed by atoms with Crippen molar-refractivity contribution in [3.8, 4) is 0 Å². The molecule has 0 spiro atoms. The smallest absolute Gasteiger partial charge is 0.306 e. The molecule has 2 aromatic rings. The zero-order chi connectivity index (χ0) is 16.9. The van der Waals surface area contributed by atoms with Crippen molar-refractivity contribution in [2.75, 3.05) is 13.1 Å². The number of rotatable bonds is 6. The largest absolute Gasteiger partial charge is 0.481 e. The molecule has 0 aliphatic carbocycles. The molecule has 1 saturated heterocycles. The van der Waals surface area contributed by atoms with Crippen LogP contribution in [0.5, 0.6) is 0 Å². The number of aromatic nitrogens is 1. The Bertz CT molecular complexity index is 687. The molecule has 3 rings (SSSR count). The van der Waals surface area contributed by atoms with Crippen LogP contribution in [0.4, 0.5) is 0 Å². The molecule has 0 radical (unpaired) electrons. The number of piperidine rings is 1. The molecule has 0 saturated carbocycles. The Kier molecular flexibility index (Phi) is 5.45. The normalized spacial score (nSPS) is 15.8. The second-order valence-electron chi connectivity index (χ2n) is 6.28. The molecular formula is C18H22N2O3S. The van der Waals surface area contributed by atoms with E-state index in [1.165, 1.54) is 4.70 Å². The SMILES string of the molecule is O=C(O)C1CCN(C(=O)CCCCc2nc3ccccc3s2)CC1. The van der Waals surface area contributed by atoms with Crippen molar-refractivity contribution < 1.29 is 14.7 Å². The molecule has 1 amide bonds. The van der Waals surface area contributed by atoms with Crippen LogP contribution in [-0.2, 0) is 16.0 Å². The summed E-state index contributed by atoms with van der Waals surface area (Å²) < 4.78 is 1.21. The molecule has 1 aromatic carbocycles. The Morgan fingerprint density at radius 3 is 2.67 bits per heavy atom. The second-order valence-corrected chi connectivity index (χ2v) is 7.39. The molecule has 1 N–H and O–H groups in total. The quantitative estimate of drug-likeness (QED) is 0.815. The number of amides is 1. The van der Waals surface area contributed by atoms with Gasteiger partial charge in [-0.05, 0) is 44.2 Å². The number of carbonyl (C=O) groups is 2. The highest BCUT2D eigenvalue weighted by Gasteiger charge is 2.26. The van der Waals surface area contributed by atoms with Crippen LogP contribution in [0, 0.1) is 5.92 Å². The number of likely N-dealkylation sites (tertiary alicyclic amines) is 1. The van der Waals surface area contributed by atoms with Gasteiger partial charge in [0.1, 0.15) is 0 Å². The molecule has 2 heterocycles. The van der Waals surface area contributed by atoms with Crippen LogP contribution in [0.25, 0.3) is 10.2 Å². The van der Waals surface area contributed by atoms with Gasteiger partial charge in [-0.3, -0.25) is 9.59 Å². The highest BCUT2D eigenvalue weighted by atomic mass is 32.1. The third kappa shape index (κ3) is 4.12. The van der Waals surface area contributed by atoms with E-state index in [9.17, 15) is 9.59 Å². The van der Waals surface area contributed by atoms with Crippen LogP contribution < -0.4 is 0 Å². The Balaban J connectivity index is 1.38. The number of para-hydroxylation sites is 1. The van der Waals surface area contributed by atoms with Gasteiger partial charge in [0.05, 0.1) is 21.1 Å². The van der Waals surface area contributed by atoms with E-state index in [4.69, 9.17) is 5.11 Å². The summed E-state index contributed by atoms with van der Waals surface area (Å²) in [5, 5.41) is 10.1. The monoisotopic (exact) mass is 346 g/mol. The fraction of sp³-hybridized carbons (Fsp3) is 0.500. The van der Waals surface area contributed by atoms with Crippen LogP contribution in [0.2, 0.25) is 0 Å². The van der Waals surface area contributed by atoms with E-state index in [0.29, 0.717) is 32.4 Å². The Morgan fingerprint density at radius 1 is 1.21 bits per heavy atom. The number of carbonyl (C=O) groups excluding carboxylic acids is 1. The van der Waals surface area contributed by atoms with Crippen LogP contribution >= 0.6 is 11.3 Å². The number of carboxylic acids is 1. The van der Waals surface area contributed by atoms with Gasteiger partial charge in [0.2, 0.25) is 5.91 Å². The van der Waals surface area contributed by atoms with Crippen molar-refractivity contribution >= 4 is 33.4 Å². The average Bonchev–Trinajstić information content (AvgIpc) is 3.01. The summed E-state index contributed by atoms with van der Waals surface area (Å²) in [6, 6.07) is 8.13. The summed E-state index contributed by atoms with van der Waals surface area (Å²) in [5.74, 6) is -0.867. The first-order valence-corrected chi connectivity index (χ1v) is 9.30. The number of thiazole rings is 1. The Labute approximate surface area is 145 Å². The van der Waals surface area contributed by atoms with Crippen molar-refractivity contribution in [2.24, 2.45) is 5.92 Å². The Morgan fingerprint density at radius 2 is 1.96 bits per heavy atom. The highest BCUT2D eigenvalue weighted by Crippen LogP contribution is 2.23. The minimum Gasteiger partial charge on any atom is -0.481 e. The number of hydrogen-bond donors (Lipinski definition) is 1. The van der Waals surface area contributed by atoms with Crippen molar-refractivity contribution in [3.05, 3.63) is 29.3 Å². The zero-order valence-electron chi connectivity index (χ0n) is 13.6. The lowest BCUT2D eigenvalue weighted by molar-refractivity contribution is -0.145. The summed E-state index contributed by atoms with van der Waals surface area (Å²) >= 11 is 1.73. The predicted molar refractivity (Wildman–Crippen MR) is 94.1 cm³/mol. The maximum atomic E-state index is 12.2. The fourth-order valence-corrected chi connectivity index (χ4v) is 4.12. The topological polar surface area (TPSA) is 70.5 Å². The maximum Gasteiger partial charge on any atom is 0.306 e. The van der Waals surface area contributed by atoms with Gasteiger partial charge in [-0.25, -0.2) is 4.98 Å². The number of benzene rings is 1. The minimum atomic E-state index is -0.738. The first-order valence-electron chi connectivity index (χ1n) is 8.48. The van der Waals surface area contributed by atoms with Gasteiger partial charge < -0.3 is 10.0 Å². The van der Waals surface area contributed by atoms with Crippen molar-refractivity contribution in [3.63, 3.8) is 0 Å². The number of aliphatic carboxylic acids is 1. The first kappa shape index (κ1) is 16.9. The molecular weight excluding hydrogens is 324 g/mol. The number of nitrogens with zero attached hydrogens (tertiary/aromatic N) is 2. The molecule has 128 valence electrons. The lowest BCUT2D eigenvalue weighted by atomic mass is 9.97. The van der Waals surface area contributed by atoms with Gasteiger partial charge in [-0.15, -0.1) is 11.3 Å². The van der Waals surface area contributed by atoms with Crippen LogP contribution in [0.3, 0.4) is 0 Å². The molecule has 1 fully saturated rings. The third-order valence-corrected chi connectivity index (χ3v) is 5.66. The summed E-state index contributed by atoms with van der Waals surface area (Å²) in [6.45, 7) is 1.15. The predicted octanol–water partition coefficient (Wildman–Crippen LogP) is 3.33. The first-order chi connectivity index (χ1) is 11.6. The molecule has 0 bridgehead atoms. The fourth-order valence-electron chi connectivity index (χ4n) is 3.11. The Hall–Kier alpha value is -1.95. The standard InChI is InChI=1S/C18H22N2O3S/c21-17(20-11-9-13(10-12-20)18(22)23)8-4-3-7-16-19-14-5-1-2-6-15(14)24-16/h1-2,5-6,13H,3-4,7-12H2,(H,22,23). The van der Waals surface area contributed by atoms with E-state index in [1.807, 2.05) is 23.1 Å². The van der Waals surface area contributed by atoms with E-state index in [-0.39, 0.29) is 11.8 Å². The summed E-state index contributed by atoms with van der Waals surface area (Å²) in [6.07, 6.45) is 4.42. The second kappa shape index (κ2) is 7.75. The molecule has 0 unspecified atom stereocenters. The van der Waals surface area contributed by atoms with Crippen molar-refractivity contribution in [1.82, 2.24) is 9.88 Å². The summed E-state index contributed by atoms with van der Waals surface area (Å²) in [4.78, 5) is 29.6. The zero-order valence-corrected chi connectivity index (χ0v) is 14.4. The number of aryl methyl sites for hydroxylation is 1. The van der Waals surface area contributed by atoms with E-state index in [0.717, 1.165) is 29.8 Å². The highest BCUT2D eigenvalue weighted by molar-refractivity contribution is 7.18. The van der Waals surface area contributed by atoms with E-state index in [2.05, 4.69) is 11.1 Å². The van der Waals surface area contributed by atoms with Crippen LogP contribution in [0.15, 0.2) is 24.3 Å². The van der Waals surface area contributed by atoms with Gasteiger partial charge >= 0.3 is 5.97 Å².